The normalized spacial score (nSPS) is 16.8. The number of anilines is 1. The Morgan fingerprint density at radius 2 is 1.82 bits per heavy atom. The molecule has 0 unspecified atom stereocenters. The van der Waals surface area contributed by atoms with Crippen molar-refractivity contribution in [3.63, 3.8) is 0 Å². The van der Waals surface area contributed by atoms with Crippen molar-refractivity contribution in [1.29, 1.82) is 0 Å². The average Bonchev–Trinajstić information content (AvgIpc) is 3.47. The molecule has 2 fully saturated rings. The van der Waals surface area contributed by atoms with Gasteiger partial charge in [-0.3, -0.25) is 14.0 Å². The van der Waals surface area contributed by atoms with Crippen LogP contribution in [-0.2, 0) is 16.6 Å². The lowest BCUT2D eigenvalue weighted by atomic mass is 9.97. The molecule has 2 aromatic heterocycles. The standard InChI is InChI=1S/C25H25FN6O2/c1-29-13-18(12-28-29)17-2-4-20(5-3-17)32-16-27-21-6-7-22(23(26)24(21)32)31-14-19(15-31)25(33)30-8-10-34-11-9-30/h2-7,12-13,16,19H,8-11,14-15H2,1H3. The van der Waals surface area contributed by atoms with Gasteiger partial charge in [0.2, 0.25) is 5.91 Å². The Kier molecular flexibility index (Phi) is 5.06. The Bertz CT molecular complexity index is 1350. The number of aryl methyl sites for hydroxylation is 1. The van der Waals surface area contributed by atoms with Crippen molar-refractivity contribution in [2.24, 2.45) is 13.0 Å². The van der Waals surface area contributed by atoms with E-state index in [1.165, 1.54) is 0 Å². The summed E-state index contributed by atoms with van der Waals surface area (Å²) in [5, 5.41) is 4.22. The summed E-state index contributed by atoms with van der Waals surface area (Å²) in [5.41, 5.74) is 4.44. The zero-order valence-corrected chi connectivity index (χ0v) is 18.9. The second-order valence-electron chi connectivity index (χ2n) is 8.87. The first kappa shape index (κ1) is 20.9. The SMILES string of the molecule is Cn1cc(-c2ccc(-n3cnc4ccc(N5CC(C(=O)N6CCOCC6)C5)c(F)c43)cc2)cn1. The van der Waals surface area contributed by atoms with Gasteiger partial charge in [0.05, 0.1) is 36.5 Å². The van der Waals surface area contributed by atoms with Gasteiger partial charge in [-0.15, -0.1) is 0 Å². The van der Waals surface area contributed by atoms with E-state index in [0.29, 0.717) is 56.1 Å². The summed E-state index contributed by atoms with van der Waals surface area (Å²) in [6.07, 6.45) is 5.42. The smallest absolute Gasteiger partial charge is 0.229 e. The molecule has 4 heterocycles. The first-order valence-electron chi connectivity index (χ1n) is 11.4. The lowest BCUT2D eigenvalue weighted by Gasteiger charge is -2.42. The molecular formula is C25H25FN6O2. The number of halogens is 1. The van der Waals surface area contributed by atoms with E-state index in [0.717, 1.165) is 16.8 Å². The summed E-state index contributed by atoms with van der Waals surface area (Å²) in [7, 11) is 1.88. The number of hydrogen-bond acceptors (Lipinski definition) is 5. The minimum absolute atomic E-state index is 0.0990. The predicted octanol–water partition coefficient (Wildman–Crippen LogP) is 2.86. The van der Waals surface area contributed by atoms with Crippen LogP contribution < -0.4 is 4.90 Å². The number of ether oxygens (including phenoxy) is 1. The summed E-state index contributed by atoms with van der Waals surface area (Å²) in [6, 6.07) is 11.5. The fraction of sp³-hybridized carbons (Fsp3) is 0.320. The van der Waals surface area contributed by atoms with E-state index < -0.39 is 0 Å². The maximum atomic E-state index is 15.7. The van der Waals surface area contributed by atoms with E-state index in [1.807, 2.05) is 59.6 Å². The fourth-order valence-corrected chi connectivity index (χ4v) is 4.75. The Morgan fingerprint density at radius 3 is 2.53 bits per heavy atom. The molecule has 0 spiro atoms. The monoisotopic (exact) mass is 460 g/mol. The molecular weight excluding hydrogens is 435 g/mol. The molecule has 174 valence electrons. The van der Waals surface area contributed by atoms with Crippen molar-refractivity contribution in [2.75, 3.05) is 44.3 Å². The summed E-state index contributed by atoms with van der Waals surface area (Å²) in [6.45, 7) is 3.48. The fourth-order valence-electron chi connectivity index (χ4n) is 4.75. The number of fused-ring (bicyclic) bond motifs is 1. The minimum atomic E-state index is -0.316. The van der Waals surface area contributed by atoms with Crippen molar-refractivity contribution in [2.45, 2.75) is 0 Å². The van der Waals surface area contributed by atoms with Gasteiger partial charge in [-0.2, -0.15) is 5.10 Å². The summed E-state index contributed by atoms with van der Waals surface area (Å²) >= 11 is 0. The van der Waals surface area contributed by atoms with Gasteiger partial charge in [-0.25, -0.2) is 9.37 Å². The van der Waals surface area contributed by atoms with E-state index in [9.17, 15) is 4.79 Å². The lowest BCUT2D eigenvalue weighted by molar-refractivity contribution is -0.140. The number of amides is 1. The number of rotatable bonds is 4. The number of carbonyl (C=O) groups is 1. The van der Waals surface area contributed by atoms with Crippen LogP contribution in [0.5, 0.6) is 0 Å². The molecule has 6 rings (SSSR count). The summed E-state index contributed by atoms with van der Waals surface area (Å²) < 4.78 is 24.6. The maximum absolute atomic E-state index is 15.7. The van der Waals surface area contributed by atoms with Crippen LogP contribution in [0.25, 0.3) is 27.8 Å². The van der Waals surface area contributed by atoms with Gasteiger partial charge in [-0.1, -0.05) is 12.1 Å². The summed E-state index contributed by atoms with van der Waals surface area (Å²) in [5.74, 6) is -0.276. The molecule has 34 heavy (non-hydrogen) atoms. The second-order valence-corrected chi connectivity index (χ2v) is 8.87. The molecule has 9 heteroatoms. The van der Waals surface area contributed by atoms with Gasteiger partial charge in [0, 0.05) is 50.7 Å². The highest BCUT2D eigenvalue weighted by Gasteiger charge is 2.37. The van der Waals surface area contributed by atoms with Crippen LogP contribution in [0.3, 0.4) is 0 Å². The van der Waals surface area contributed by atoms with Crippen LogP contribution >= 0.6 is 0 Å². The third kappa shape index (κ3) is 3.52. The Hall–Kier alpha value is -3.72. The molecule has 2 saturated heterocycles. The summed E-state index contributed by atoms with van der Waals surface area (Å²) in [4.78, 5) is 20.9. The molecule has 0 radical (unpaired) electrons. The number of nitrogens with zero attached hydrogens (tertiary/aromatic N) is 6. The number of aromatic nitrogens is 4. The van der Waals surface area contributed by atoms with Crippen molar-refractivity contribution in [3.05, 3.63) is 60.9 Å². The van der Waals surface area contributed by atoms with Crippen molar-refractivity contribution in [3.8, 4) is 16.8 Å². The van der Waals surface area contributed by atoms with Crippen LogP contribution in [0, 0.1) is 11.7 Å². The predicted molar refractivity (Wildman–Crippen MR) is 126 cm³/mol. The first-order chi connectivity index (χ1) is 16.6. The van der Waals surface area contributed by atoms with Crippen molar-refractivity contribution < 1.29 is 13.9 Å². The van der Waals surface area contributed by atoms with Crippen LogP contribution in [-0.4, -0.2) is 69.5 Å². The minimum Gasteiger partial charge on any atom is -0.378 e. The Labute approximate surface area is 196 Å². The van der Waals surface area contributed by atoms with Gasteiger partial charge in [-0.05, 0) is 29.8 Å². The van der Waals surface area contributed by atoms with Crippen LogP contribution in [0.4, 0.5) is 10.1 Å². The van der Waals surface area contributed by atoms with Gasteiger partial charge < -0.3 is 14.5 Å². The van der Waals surface area contributed by atoms with E-state index in [1.54, 1.807) is 21.6 Å². The molecule has 0 saturated carbocycles. The topological polar surface area (TPSA) is 68.4 Å². The number of benzene rings is 2. The van der Waals surface area contributed by atoms with Crippen molar-refractivity contribution in [1.82, 2.24) is 24.2 Å². The van der Waals surface area contributed by atoms with Gasteiger partial charge in [0.25, 0.3) is 0 Å². The lowest BCUT2D eigenvalue weighted by Crippen LogP contribution is -2.56. The third-order valence-corrected chi connectivity index (χ3v) is 6.71. The molecule has 2 aromatic carbocycles. The zero-order chi connectivity index (χ0) is 23.2. The van der Waals surface area contributed by atoms with E-state index in [4.69, 9.17) is 4.74 Å². The van der Waals surface area contributed by atoms with E-state index in [-0.39, 0.29) is 17.6 Å². The van der Waals surface area contributed by atoms with Crippen LogP contribution in [0.15, 0.2) is 55.1 Å². The van der Waals surface area contributed by atoms with Crippen molar-refractivity contribution >= 4 is 22.6 Å². The number of carbonyl (C=O) groups excluding carboxylic acids is 1. The second kappa shape index (κ2) is 8.25. The highest BCUT2D eigenvalue weighted by molar-refractivity contribution is 5.85. The number of morpholine rings is 1. The Morgan fingerprint density at radius 1 is 1.06 bits per heavy atom. The molecule has 0 bridgehead atoms. The molecule has 4 aromatic rings. The molecule has 0 aliphatic carbocycles. The quantitative estimate of drug-likeness (QED) is 0.469. The zero-order valence-electron chi connectivity index (χ0n) is 18.9. The average molecular weight is 461 g/mol. The molecule has 0 atom stereocenters. The number of imidazole rings is 1. The molecule has 2 aliphatic heterocycles. The molecule has 2 aliphatic rings. The molecule has 0 N–H and O–H groups in total. The number of hydrogen-bond donors (Lipinski definition) is 0. The highest BCUT2D eigenvalue weighted by Crippen LogP contribution is 2.33. The van der Waals surface area contributed by atoms with E-state index >= 15 is 4.39 Å². The maximum Gasteiger partial charge on any atom is 0.229 e. The molecule has 1 amide bonds. The van der Waals surface area contributed by atoms with E-state index in [2.05, 4.69) is 10.1 Å². The third-order valence-electron chi connectivity index (χ3n) is 6.71. The van der Waals surface area contributed by atoms with Crippen LogP contribution in [0.2, 0.25) is 0 Å². The van der Waals surface area contributed by atoms with Gasteiger partial charge >= 0.3 is 0 Å². The highest BCUT2D eigenvalue weighted by atomic mass is 19.1. The first-order valence-corrected chi connectivity index (χ1v) is 11.4. The largest absolute Gasteiger partial charge is 0.378 e. The molecule has 8 nitrogen and oxygen atoms in total. The Balaban J connectivity index is 1.24. The van der Waals surface area contributed by atoms with Crippen LogP contribution in [0.1, 0.15) is 0 Å². The van der Waals surface area contributed by atoms with Gasteiger partial charge in [0.15, 0.2) is 5.82 Å². The van der Waals surface area contributed by atoms with Gasteiger partial charge in [0.1, 0.15) is 11.8 Å².